The van der Waals surface area contributed by atoms with Crippen LogP contribution in [0.5, 0.6) is 0 Å². The molecule has 1 aromatic carbocycles. The summed E-state index contributed by atoms with van der Waals surface area (Å²) in [4.78, 5) is 27.5. The molecule has 4 heterocycles. The van der Waals surface area contributed by atoms with E-state index in [0.717, 1.165) is 22.4 Å². The Morgan fingerprint density at radius 1 is 1.00 bits per heavy atom. The molecule has 10 heteroatoms. The molecule has 4 aromatic rings. The molecule has 10 nitrogen and oxygen atoms in total. The Bertz CT molecular complexity index is 1220. The zero-order chi connectivity index (χ0) is 21.2. The minimum atomic E-state index is -0.882. The molecule has 0 saturated carbocycles. The molecule has 0 bridgehead atoms. The van der Waals surface area contributed by atoms with Crippen LogP contribution in [0.2, 0.25) is 0 Å². The van der Waals surface area contributed by atoms with Crippen molar-refractivity contribution in [3.8, 4) is 5.69 Å². The van der Waals surface area contributed by atoms with Crippen molar-refractivity contribution in [2.24, 2.45) is 0 Å². The van der Waals surface area contributed by atoms with Gasteiger partial charge in [-0.2, -0.15) is 0 Å². The van der Waals surface area contributed by atoms with Gasteiger partial charge in [-0.25, -0.2) is 19.4 Å². The first-order valence-corrected chi connectivity index (χ1v) is 9.89. The number of carbonyl (C=O) groups is 1. The van der Waals surface area contributed by atoms with Gasteiger partial charge < -0.3 is 20.2 Å². The summed E-state index contributed by atoms with van der Waals surface area (Å²) in [7, 11) is 0. The highest BCUT2D eigenvalue weighted by molar-refractivity contribution is 5.92. The fraction of sp³-hybridized carbons (Fsp3) is 0.190. The van der Waals surface area contributed by atoms with Crippen LogP contribution >= 0.6 is 0 Å². The lowest BCUT2D eigenvalue weighted by molar-refractivity contribution is 0.142. The molecule has 0 aliphatic carbocycles. The molecular weight excluding hydrogens is 396 g/mol. The van der Waals surface area contributed by atoms with E-state index in [4.69, 9.17) is 10.2 Å². The fourth-order valence-corrected chi connectivity index (χ4v) is 3.68. The summed E-state index contributed by atoms with van der Waals surface area (Å²) >= 11 is 0. The Morgan fingerprint density at radius 3 is 2.61 bits per heavy atom. The lowest BCUT2D eigenvalue weighted by atomic mass is 10.2. The summed E-state index contributed by atoms with van der Waals surface area (Å²) in [5.41, 5.74) is 1.82. The second-order valence-corrected chi connectivity index (χ2v) is 7.12. The lowest BCUT2D eigenvalue weighted by Crippen LogP contribution is -2.48. The minimum absolute atomic E-state index is 0.456. The molecule has 0 radical (unpaired) electrons. The van der Waals surface area contributed by atoms with Crippen molar-refractivity contribution in [3.05, 3.63) is 61.2 Å². The number of amides is 1. The number of fused-ring (bicyclic) bond motifs is 1. The van der Waals surface area contributed by atoms with Crippen LogP contribution in [0, 0.1) is 0 Å². The van der Waals surface area contributed by atoms with Crippen molar-refractivity contribution < 1.29 is 9.90 Å². The van der Waals surface area contributed by atoms with Crippen molar-refractivity contribution in [1.82, 2.24) is 29.6 Å². The molecule has 0 atom stereocenters. The van der Waals surface area contributed by atoms with Crippen molar-refractivity contribution in [3.63, 3.8) is 0 Å². The van der Waals surface area contributed by atoms with Crippen molar-refractivity contribution in [2.45, 2.75) is 0 Å². The summed E-state index contributed by atoms with van der Waals surface area (Å²) < 4.78 is 1.87. The highest BCUT2D eigenvalue weighted by Gasteiger charge is 2.22. The number of aromatic nitrogens is 5. The van der Waals surface area contributed by atoms with Gasteiger partial charge in [-0.05, 0) is 18.2 Å². The predicted molar refractivity (Wildman–Crippen MR) is 116 cm³/mol. The normalized spacial score (nSPS) is 14.1. The highest BCUT2D eigenvalue weighted by Crippen LogP contribution is 2.28. The van der Waals surface area contributed by atoms with Crippen molar-refractivity contribution in [2.75, 3.05) is 36.4 Å². The Labute approximate surface area is 177 Å². The number of para-hydroxylation sites is 1. The van der Waals surface area contributed by atoms with Gasteiger partial charge in [0.15, 0.2) is 5.82 Å². The summed E-state index contributed by atoms with van der Waals surface area (Å²) in [6.45, 7) is 2.11. The van der Waals surface area contributed by atoms with E-state index >= 15 is 0 Å². The second kappa shape index (κ2) is 7.90. The Kier molecular flexibility index (Phi) is 4.79. The summed E-state index contributed by atoms with van der Waals surface area (Å²) in [6, 6.07) is 11.8. The molecule has 1 aliphatic rings. The number of rotatable bonds is 4. The second-order valence-electron chi connectivity index (χ2n) is 7.12. The Balaban J connectivity index is 1.47. The van der Waals surface area contributed by atoms with E-state index in [1.807, 2.05) is 41.1 Å². The van der Waals surface area contributed by atoms with Crippen LogP contribution in [0.15, 0.2) is 61.2 Å². The monoisotopic (exact) mass is 416 g/mol. The van der Waals surface area contributed by atoms with E-state index in [-0.39, 0.29) is 0 Å². The maximum absolute atomic E-state index is 11.2. The minimum Gasteiger partial charge on any atom is -0.465 e. The van der Waals surface area contributed by atoms with Gasteiger partial charge >= 0.3 is 6.09 Å². The van der Waals surface area contributed by atoms with E-state index < -0.39 is 6.09 Å². The number of anilines is 3. The van der Waals surface area contributed by atoms with E-state index in [9.17, 15) is 4.79 Å². The number of piperazine rings is 1. The zero-order valence-corrected chi connectivity index (χ0v) is 16.6. The van der Waals surface area contributed by atoms with Gasteiger partial charge in [0.2, 0.25) is 0 Å². The number of nitrogens with one attached hydrogen (secondary N) is 1. The number of pyridine rings is 1. The molecule has 1 fully saturated rings. The fourth-order valence-electron chi connectivity index (χ4n) is 3.68. The molecule has 0 spiro atoms. The summed E-state index contributed by atoms with van der Waals surface area (Å²) in [5, 5.41) is 18.1. The maximum Gasteiger partial charge on any atom is 0.407 e. The third kappa shape index (κ3) is 3.70. The molecule has 1 saturated heterocycles. The highest BCUT2D eigenvalue weighted by atomic mass is 16.4. The topological polar surface area (TPSA) is 112 Å². The van der Waals surface area contributed by atoms with Gasteiger partial charge in [0.05, 0.1) is 17.4 Å². The van der Waals surface area contributed by atoms with Gasteiger partial charge in [-0.1, -0.05) is 12.1 Å². The van der Waals surface area contributed by atoms with E-state index in [2.05, 4.69) is 25.2 Å². The van der Waals surface area contributed by atoms with E-state index in [1.54, 1.807) is 24.8 Å². The number of hydrogen-bond acceptors (Lipinski definition) is 7. The molecule has 5 rings (SSSR count). The number of hydrogen-bond donors (Lipinski definition) is 2. The molecule has 0 unspecified atom stereocenters. The maximum atomic E-state index is 11.2. The number of benzene rings is 1. The van der Waals surface area contributed by atoms with Gasteiger partial charge in [0.1, 0.15) is 11.6 Å². The number of carboxylic acid groups (broad SMARTS) is 1. The van der Waals surface area contributed by atoms with Crippen LogP contribution in [-0.4, -0.2) is 67.0 Å². The third-order valence-electron chi connectivity index (χ3n) is 5.24. The average molecular weight is 416 g/mol. The molecule has 156 valence electrons. The first-order chi connectivity index (χ1) is 15.2. The molecule has 2 N–H and O–H groups in total. The van der Waals surface area contributed by atoms with Crippen LogP contribution in [0.4, 0.5) is 22.2 Å². The Hall–Kier alpha value is -4.21. The van der Waals surface area contributed by atoms with Gasteiger partial charge in [-0.15, -0.1) is 5.10 Å². The van der Waals surface area contributed by atoms with Crippen LogP contribution < -0.4 is 10.2 Å². The summed E-state index contributed by atoms with van der Waals surface area (Å²) in [5.74, 6) is 2.10. The third-order valence-corrected chi connectivity index (χ3v) is 5.24. The van der Waals surface area contributed by atoms with Crippen LogP contribution in [0.3, 0.4) is 0 Å². The standard InChI is InChI=1S/C21H20N8O2/c30-21(31)28-11-9-27(10-12-28)19-13-15(5-6-24-19)29-17-4-2-1-3-16(17)20(26-29)25-18-14-22-7-8-23-18/h1-8,13-14H,9-12H2,(H,30,31)(H,23,25,26). The van der Waals surface area contributed by atoms with Crippen LogP contribution in [0.25, 0.3) is 16.6 Å². The Morgan fingerprint density at radius 2 is 1.84 bits per heavy atom. The zero-order valence-electron chi connectivity index (χ0n) is 16.6. The molecule has 31 heavy (non-hydrogen) atoms. The SMILES string of the molecule is O=C(O)N1CCN(c2cc(-n3nc(Nc4cnccn4)c4ccccc43)ccn2)CC1. The number of nitrogens with zero attached hydrogens (tertiary/aromatic N) is 7. The van der Waals surface area contributed by atoms with Crippen molar-refractivity contribution >= 4 is 34.4 Å². The first kappa shape index (κ1) is 18.8. The van der Waals surface area contributed by atoms with E-state index in [0.29, 0.717) is 37.8 Å². The summed E-state index contributed by atoms with van der Waals surface area (Å²) in [6.07, 6.45) is 5.76. The molecule has 1 aliphatic heterocycles. The molecule has 1 amide bonds. The molecule has 3 aromatic heterocycles. The quantitative estimate of drug-likeness (QED) is 0.522. The van der Waals surface area contributed by atoms with Crippen molar-refractivity contribution in [1.29, 1.82) is 0 Å². The van der Waals surface area contributed by atoms with Gasteiger partial charge in [0, 0.05) is 56.2 Å². The predicted octanol–water partition coefficient (Wildman–Crippen LogP) is 2.75. The molecular formula is C21H20N8O2. The largest absolute Gasteiger partial charge is 0.465 e. The van der Waals surface area contributed by atoms with Crippen LogP contribution in [0.1, 0.15) is 0 Å². The average Bonchev–Trinajstić information content (AvgIpc) is 3.18. The first-order valence-electron chi connectivity index (χ1n) is 9.89. The van der Waals surface area contributed by atoms with Gasteiger partial charge in [0.25, 0.3) is 0 Å². The lowest BCUT2D eigenvalue weighted by Gasteiger charge is -2.33. The van der Waals surface area contributed by atoms with Gasteiger partial charge in [-0.3, -0.25) is 4.98 Å². The van der Waals surface area contributed by atoms with Crippen LogP contribution in [-0.2, 0) is 0 Å². The van der Waals surface area contributed by atoms with E-state index in [1.165, 1.54) is 4.90 Å². The smallest absolute Gasteiger partial charge is 0.407 e.